The van der Waals surface area contributed by atoms with E-state index in [4.69, 9.17) is 75.4 Å². The van der Waals surface area contributed by atoms with Crippen molar-refractivity contribution in [3.05, 3.63) is 0 Å². The zero-order valence-electron chi connectivity index (χ0n) is 50.2. The Kier molecular flexibility index (Phi) is 28.3. The highest BCUT2D eigenvalue weighted by molar-refractivity contribution is 7.47. The molecule has 96 heavy (non-hydrogen) atoms. The van der Waals surface area contributed by atoms with Gasteiger partial charge in [0.05, 0.1) is 52.9 Å². The van der Waals surface area contributed by atoms with E-state index in [1.807, 2.05) is 0 Å². The predicted octanol–water partition coefficient (Wildman–Crippen LogP) is -18.2. The van der Waals surface area contributed by atoms with Crippen molar-refractivity contribution in [3.8, 4) is 0 Å². The molecule has 45 nitrogen and oxygen atoms in total. The van der Waals surface area contributed by atoms with Crippen LogP contribution in [0.5, 0.6) is 0 Å². The van der Waals surface area contributed by atoms with Crippen LogP contribution >= 0.6 is 7.82 Å². The van der Waals surface area contributed by atoms with Gasteiger partial charge in [-0.15, -0.1) is 0 Å². The van der Waals surface area contributed by atoms with Gasteiger partial charge in [0, 0.05) is 6.92 Å². The number of aliphatic hydroxyl groups excluding tert-OH is 25. The smallest absolute Gasteiger partial charge is 0.394 e. The third-order valence-corrected chi connectivity index (χ3v) is 18.1. The molecule has 1 amide bonds. The van der Waals surface area contributed by atoms with Crippen LogP contribution in [0.2, 0.25) is 0 Å². The van der Waals surface area contributed by atoms with E-state index in [9.17, 15) is 142 Å². The molecule has 0 aromatic carbocycles. The lowest BCUT2D eigenvalue weighted by Crippen LogP contribution is -2.68. The van der Waals surface area contributed by atoms with E-state index in [1.54, 1.807) is 0 Å². The molecule has 0 bridgehead atoms. The first-order valence-electron chi connectivity index (χ1n) is 29.9. The first kappa shape index (κ1) is 79.7. The van der Waals surface area contributed by atoms with Crippen molar-refractivity contribution in [2.45, 2.75) is 253 Å². The molecule has 0 radical (unpaired) electrons. The number of ether oxygens (including phenoxy) is 14. The first-order valence-corrected chi connectivity index (χ1v) is 31.4. The van der Waals surface area contributed by atoms with Crippen LogP contribution in [0.15, 0.2) is 0 Å². The van der Waals surface area contributed by atoms with E-state index in [1.165, 1.54) is 0 Å². The van der Waals surface area contributed by atoms with Gasteiger partial charge in [-0.3, -0.25) is 13.8 Å². The van der Waals surface area contributed by atoms with E-state index >= 15 is 0 Å². The van der Waals surface area contributed by atoms with Crippen molar-refractivity contribution >= 4 is 13.7 Å². The van der Waals surface area contributed by atoms with Gasteiger partial charge in [-0.05, 0) is 0 Å². The second-order valence-electron chi connectivity index (χ2n) is 23.8. The van der Waals surface area contributed by atoms with Crippen molar-refractivity contribution in [1.29, 1.82) is 0 Å². The zero-order valence-corrected chi connectivity index (χ0v) is 51.1. The van der Waals surface area contributed by atoms with Crippen LogP contribution in [0.25, 0.3) is 0 Å². The number of rotatable bonds is 25. The Balaban J connectivity index is 1.03. The highest BCUT2D eigenvalue weighted by atomic mass is 31.2. The lowest BCUT2D eigenvalue weighted by molar-refractivity contribution is -0.386. The molecule has 560 valence electrons. The van der Waals surface area contributed by atoms with Gasteiger partial charge in [0.2, 0.25) is 5.91 Å². The van der Waals surface area contributed by atoms with Gasteiger partial charge in [0.25, 0.3) is 0 Å². The predicted molar refractivity (Wildman–Crippen MR) is 287 cm³/mol. The lowest BCUT2D eigenvalue weighted by atomic mass is 9.95. The summed E-state index contributed by atoms with van der Waals surface area (Å²) in [5.41, 5.74) is 0. The molecule has 27 N–H and O–H groups in total. The summed E-state index contributed by atoms with van der Waals surface area (Å²) in [5.74, 6) is -0.826. The van der Waals surface area contributed by atoms with Crippen LogP contribution in [-0.4, -0.2) is 437 Å². The molecule has 2 unspecified atom stereocenters. The maximum Gasteiger partial charge on any atom is 0.474 e. The fraction of sp³-hybridized carbons (Fsp3) is 0.980. The molecule has 0 spiro atoms. The van der Waals surface area contributed by atoms with E-state index in [0.29, 0.717) is 0 Å². The molecule has 8 aliphatic heterocycles. The molecule has 0 saturated carbocycles. The number of hydrogen-bond acceptors (Lipinski definition) is 43. The maximum absolute atomic E-state index is 13.0. The molecule has 0 aliphatic carbocycles. The topological polar surface area (TPSA) is 720 Å². The van der Waals surface area contributed by atoms with Crippen LogP contribution in [-0.2, 0) is 84.7 Å². The Morgan fingerprint density at radius 1 is 0.333 bits per heavy atom. The molecule has 8 rings (SSSR count). The Labute approximate surface area is 540 Å². The summed E-state index contributed by atoms with van der Waals surface area (Å²) >= 11 is 0. The number of amides is 1. The highest BCUT2D eigenvalue weighted by Crippen LogP contribution is 2.47. The summed E-state index contributed by atoms with van der Waals surface area (Å²) in [6.07, 6.45) is -81.1. The lowest BCUT2D eigenvalue weighted by Gasteiger charge is -2.49. The van der Waals surface area contributed by atoms with Gasteiger partial charge in [-0.2, -0.15) is 0 Å². The summed E-state index contributed by atoms with van der Waals surface area (Å²) in [5, 5.41) is 271. The largest absolute Gasteiger partial charge is 0.474 e. The van der Waals surface area contributed by atoms with E-state index in [2.05, 4.69) is 5.32 Å². The van der Waals surface area contributed by atoms with Crippen molar-refractivity contribution in [3.63, 3.8) is 0 Å². The monoisotopic (exact) mass is 1440 g/mol. The standard InChI is InChI=1S/C50H86NO44P/c1-10(56)51-19-27(64)40(14(5-55)84-43(19)77)92-49-39(76)42(94-48-36(73)32(69)23(60)15(90-48)6-80-44-33(70)28(65)20(57)11(2-52)85-44)26(63)17(91-49)8-82-46-38(75)41(93-47-35(72)29(66)21(58)12(3-53)86-47)25(62)16(88-46)7-81-45-34(71)31(68)24(61)18(89-45)9-83-96(78,79)95-50-37(74)30(67)22(59)13(4-54)87-50/h11-50,52-55,57-77H,2-9H2,1H3,(H,51,56)(H,78,79)/t11-,12-,13-,14-,15-,16-,17-,18-,19-,20-,21-,22-,23-,24-,25-,26-,27-,28+,29+,30+,31+,32+,33+,34+,35+,36+,37+,38+,39+,40-,41+,42+,43?,44+,45+,46+,47-,48-,49+,50-/m1/s1. The Morgan fingerprint density at radius 2 is 0.625 bits per heavy atom. The molecule has 8 heterocycles. The highest BCUT2D eigenvalue weighted by Gasteiger charge is 2.58. The number of phosphoric ester groups is 1. The van der Waals surface area contributed by atoms with Crippen LogP contribution < -0.4 is 5.32 Å². The van der Waals surface area contributed by atoms with Crippen LogP contribution in [0.3, 0.4) is 0 Å². The molecule has 0 aromatic rings. The van der Waals surface area contributed by atoms with Crippen molar-refractivity contribution in [2.75, 3.05) is 52.9 Å². The average Bonchev–Trinajstić information content (AvgIpc) is 0.847. The number of carbonyl (C=O) groups excluding carboxylic acids is 1. The van der Waals surface area contributed by atoms with E-state index < -0.39 is 312 Å². The molecule has 46 heteroatoms. The first-order chi connectivity index (χ1) is 45.2. The van der Waals surface area contributed by atoms with Gasteiger partial charge in [-0.25, -0.2) is 4.57 Å². The minimum atomic E-state index is -5.49. The summed E-state index contributed by atoms with van der Waals surface area (Å²) in [4.78, 5) is 22.6. The summed E-state index contributed by atoms with van der Waals surface area (Å²) in [6.45, 7) is -7.36. The van der Waals surface area contributed by atoms with E-state index in [0.717, 1.165) is 6.92 Å². The van der Waals surface area contributed by atoms with Gasteiger partial charge in [-0.1, -0.05) is 0 Å². The van der Waals surface area contributed by atoms with Gasteiger partial charge < -0.3 is 204 Å². The number of phosphoric acid groups is 1. The molecule has 8 aliphatic rings. The van der Waals surface area contributed by atoms with Crippen LogP contribution in [0.1, 0.15) is 6.92 Å². The summed E-state index contributed by atoms with van der Waals surface area (Å²) in [7, 11) is -5.49. The molecular formula is C50H86NO44P. The third kappa shape index (κ3) is 17.6. The van der Waals surface area contributed by atoms with Crippen LogP contribution in [0, 0.1) is 0 Å². The fourth-order valence-electron chi connectivity index (χ4n) is 11.6. The molecule has 0 aromatic heterocycles. The fourth-order valence-corrected chi connectivity index (χ4v) is 12.4. The van der Waals surface area contributed by atoms with Crippen molar-refractivity contribution in [1.82, 2.24) is 5.32 Å². The maximum atomic E-state index is 13.0. The third-order valence-electron chi connectivity index (χ3n) is 17.2. The normalized spacial score (nSPS) is 51.2. The quantitative estimate of drug-likeness (QED) is 0.0377. The number of aliphatic hydroxyl groups is 25. The number of hydrogen-bond donors (Lipinski definition) is 27. The van der Waals surface area contributed by atoms with Gasteiger partial charge in [0.1, 0.15) is 195 Å². The number of carbonyl (C=O) groups is 1. The van der Waals surface area contributed by atoms with Gasteiger partial charge >= 0.3 is 7.82 Å². The SMILES string of the molecule is CC(=O)N[C@H]1C(O)O[C@H](CO)[C@@H](O[C@@H]2O[C@H](CO[C@H]3O[C@H](CO[C@H]4O[C@H](COP(=O)(O)O[C@H]5O[C@H](CO)[C@@H](O)[C@H](O)[C@@H]5O)[C@@H](O)[C@H](O)[C@@H]4O)[C@@H](O)[C@H](O[C@H]4O[C@H](CO)[C@@H](O)[C@H](O)[C@@H]4O)[C@@H]3O)[C@@H](O)[C@H](O[C@H]3O[C@H](CO[C@H]4O[C@H](CO)[C@@H](O)[C@H](O)[C@@H]4O)[C@@H](O)[C@H](O)[C@@H]3O)[C@@H]2O)[C@@H]1O. The van der Waals surface area contributed by atoms with Crippen molar-refractivity contribution < 1.29 is 217 Å². The molecular weight excluding hydrogens is 1350 g/mol. The molecule has 8 fully saturated rings. The Bertz CT molecular complexity index is 2450. The second kappa shape index (κ2) is 34.1. The van der Waals surface area contributed by atoms with E-state index in [-0.39, 0.29) is 0 Å². The second-order valence-corrected chi connectivity index (χ2v) is 25.2. The minimum Gasteiger partial charge on any atom is -0.394 e. The zero-order chi connectivity index (χ0) is 70.8. The van der Waals surface area contributed by atoms with Crippen LogP contribution in [0.4, 0.5) is 0 Å². The minimum absolute atomic E-state index is 0.826. The Morgan fingerprint density at radius 3 is 1.03 bits per heavy atom. The summed E-state index contributed by atoms with van der Waals surface area (Å²) in [6, 6.07) is -1.72. The molecule has 8 saturated heterocycles. The average molecular weight is 1440 g/mol. The Hall–Kier alpha value is -1.98. The van der Waals surface area contributed by atoms with Gasteiger partial charge in [0.15, 0.2) is 50.3 Å². The van der Waals surface area contributed by atoms with Crippen molar-refractivity contribution in [2.24, 2.45) is 0 Å². The number of nitrogens with one attached hydrogen (secondary N) is 1. The summed E-state index contributed by atoms with van der Waals surface area (Å²) < 4.78 is 101. The molecule has 41 atom stereocenters.